The van der Waals surface area contributed by atoms with Crippen LogP contribution in [0.25, 0.3) is 6.08 Å². The maximum absolute atomic E-state index is 13.3. The van der Waals surface area contributed by atoms with E-state index in [4.69, 9.17) is 12.2 Å². The largest absolute Gasteiger partial charge is 0.357 e. The minimum absolute atomic E-state index is 0.0785. The highest BCUT2D eigenvalue weighted by molar-refractivity contribution is 8.26. The number of unbranched alkanes of at least 4 members (excludes halogenated alkanes) is 2. The second kappa shape index (κ2) is 11.3. The molecule has 0 saturated carbocycles. The van der Waals surface area contributed by atoms with Gasteiger partial charge in [0.25, 0.3) is 11.5 Å². The van der Waals surface area contributed by atoms with Crippen LogP contribution < -0.4 is 10.5 Å². The second-order valence-corrected chi connectivity index (χ2v) is 10.7. The molecule has 178 valence electrons. The predicted octanol–water partition coefficient (Wildman–Crippen LogP) is 5.07. The highest BCUT2D eigenvalue weighted by atomic mass is 32.2. The standard InChI is InChI=1S/C25H34N4O2S2/c1-5-7-8-13-29-24(31)21(33-25(29)32)14-19-18(4)20(15-26)23(30)28(11-6-2)22(19)27-12-9-10-17(3)16-27/h14,17H,5-13,16H2,1-4H3. The van der Waals surface area contributed by atoms with E-state index in [2.05, 4.69) is 24.8 Å². The summed E-state index contributed by atoms with van der Waals surface area (Å²) in [6, 6.07) is 2.12. The SMILES string of the molecule is CCCCCN1C(=O)C(=Cc2c(C)c(C#N)c(=O)n(CCC)c2N2CCCC(C)C2)SC1=S. The van der Waals surface area contributed by atoms with Crippen molar-refractivity contribution in [3.05, 3.63) is 31.9 Å². The van der Waals surface area contributed by atoms with Gasteiger partial charge in [0, 0.05) is 31.7 Å². The lowest BCUT2D eigenvalue weighted by Gasteiger charge is -2.36. The van der Waals surface area contributed by atoms with Crippen LogP contribution in [-0.4, -0.2) is 39.3 Å². The zero-order valence-corrected chi connectivity index (χ0v) is 21.8. The number of thioether (sulfide) groups is 1. The van der Waals surface area contributed by atoms with Gasteiger partial charge in [0.15, 0.2) is 0 Å². The van der Waals surface area contributed by atoms with Gasteiger partial charge in [-0.25, -0.2) is 0 Å². The quantitative estimate of drug-likeness (QED) is 0.290. The number of piperidine rings is 1. The molecule has 0 aromatic carbocycles. The smallest absolute Gasteiger partial charge is 0.270 e. The van der Waals surface area contributed by atoms with Crippen molar-refractivity contribution in [2.45, 2.75) is 72.8 Å². The van der Waals surface area contributed by atoms with Gasteiger partial charge in [0.2, 0.25) is 0 Å². The van der Waals surface area contributed by atoms with E-state index in [9.17, 15) is 14.9 Å². The average Bonchev–Trinajstić information content (AvgIpc) is 3.05. The van der Waals surface area contributed by atoms with E-state index in [1.54, 1.807) is 9.47 Å². The third-order valence-corrected chi connectivity index (χ3v) is 7.76. The highest BCUT2D eigenvalue weighted by Gasteiger charge is 2.33. The Labute approximate surface area is 206 Å². The van der Waals surface area contributed by atoms with E-state index in [1.807, 2.05) is 19.9 Å². The maximum Gasteiger partial charge on any atom is 0.270 e. The van der Waals surface area contributed by atoms with Crippen molar-refractivity contribution in [2.24, 2.45) is 5.92 Å². The van der Waals surface area contributed by atoms with Crippen molar-refractivity contribution in [3.8, 4) is 6.07 Å². The number of thiocarbonyl (C=S) groups is 1. The summed E-state index contributed by atoms with van der Waals surface area (Å²) in [5.74, 6) is 1.27. The van der Waals surface area contributed by atoms with E-state index in [0.717, 1.165) is 63.0 Å². The van der Waals surface area contributed by atoms with Crippen LogP contribution in [0.2, 0.25) is 0 Å². The first-order valence-corrected chi connectivity index (χ1v) is 13.2. The first-order chi connectivity index (χ1) is 15.8. The molecule has 2 aliphatic rings. The van der Waals surface area contributed by atoms with Crippen molar-refractivity contribution >= 4 is 46.1 Å². The molecular formula is C25H34N4O2S2. The third kappa shape index (κ3) is 5.36. The molecule has 2 fully saturated rings. The van der Waals surface area contributed by atoms with Crippen LogP contribution in [0, 0.1) is 24.2 Å². The molecule has 1 aromatic rings. The van der Waals surface area contributed by atoms with E-state index in [-0.39, 0.29) is 17.0 Å². The first kappa shape index (κ1) is 25.5. The number of amides is 1. The van der Waals surface area contributed by atoms with E-state index < -0.39 is 0 Å². The van der Waals surface area contributed by atoms with Crippen LogP contribution in [-0.2, 0) is 11.3 Å². The molecule has 0 aliphatic carbocycles. The zero-order chi connectivity index (χ0) is 24.1. The van der Waals surface area contributed by atoms with Crippen molar-refractivity contribution in [3.63, 3.8) is 0 Å². The van der Waals surface area contributed by atoms with E-state index >= 15 is 0 Å². The number of pyridine rings is 1. The Bertz CT molecular complexity index is 1050. The number of anilines is 1. The lowest BCUT2D eigenvalue weighted by Crippen LogP contribution is -2.40. The lowest BCUT2D eigenvalue weighted by atomic mass is 9.98. The van der Waals surface area contributed by atoms with Gasteiger partial charge in [-0.15, -0.1) is 0 Å². The molecule has 1 amide bonds. The number of nitriles is 1. The monoisotopic (exact) mass is 486 g/mol. The van der Waals surface area contributed by atoms with Gasteiger partial charge in [-0.2, -0.15) is 5.26 Å². The molecule has 8 heteroatoms. The fourth-order valence-electron chi connectivity index (χ4n) is 4.64. The summed E-state index contributed by atoms with van der Waals surface area (Å²) in [5, 5.41) is 9.78. The number of hydrogen-bond acceptors (Lipinski definition) is 6. The third-order valence-electron chi connectivity index (χ3n) is 6.38. The summed E-state index contributed by atoms with van der Waals surface area (Å²) in [6.45, 7) is 11.1. The number of hydrogen-bond donors (Lipinski definition) is 0. The van der Waals surface area contributed by atoms with Gasteiger partial charge in [-0.1, -0.05) is 57.6 Å². The summed E-state index contributed by atoms with van der Waals surface area (Å²) >= 11 is 6.83. The number of aromatic nitrogens is 1. The molecule has 0 bridgehead atoms. The van der Waals surface area contributed by atoms with Crippen LogP contribution in [0.4, 0.5) is 5.82 Å². The molecule has 0 N–H and O–H groups in total. The Morgan fingerprint density at radius 2 is 1.97 bits per heavy atom. The number of carbonyl (C=O) groups excluding carboxylic acids is 1. The fraction of sp³-hybridized carbons (Fsp3) is 0.600. The van der Waals surface area contributed by atoms with Crippen LogP contribution in [0.1, 0.15) is 76.0 Å². The van der Waals surface area contributed by atoms with Gasteiger partial charge in [-0.05, 0) is 50.2 Å². The summed E-state index contributed by atoms with van der Waals surface area (Å²) in [7, 11) is 0. The summed E-state index contributed by atoms with van der Waals surface area (Å²) < 4.78 is 2.33. The molecular weight excluding hydrogens is 452 g/mol. The Morgan fingerprint density at radius 3 is 2.61 bits per heavy atom. The molecule has 3 heterocycles. The first-order valence-electron chi connectivity index (χ1n) is 12.0. The van der Waals surface area contributed by atoms with Crippen LogP contribution in [0.5, 0.6) is 0 Å². The normalized spacial score (nSPS) is 20.1. The number of nitrogens with zero attached hydrogens (tertiary/aromatic N) is 4. The van der Waals surface area contributed by atoms with Crippen molar-refractivity contribution in [2.75, 3.05) is 24.5 Å². The fourth-order valence-corrected chi connectivity index (χ4v) is 5.93. The maximum atomic E-state index is 13.3. The van der Waals surface area contributed by atoms with Gasteiger partial charge >= 0.3 is 0 Å². The predicted molar refractivity (Wildman–Crippen MR) is 140 cm³/mol. The Hall–Kier alpha value is -2.11. The molecule has 3 rings (SSSR count). The van der Waals surface area contributed by atoms with Gasteiger partial charge in [0.05, 0.1) is 4.91 Å². The molecule has 6 nitrogen and oxygen atoms in total. The zero-order valence-electron chi connectivity index (χ0n) is 20.1. The summed E-state index contributed by atoms with van der Waals surface area (Å²) in [6.07, 6.45) is 7.93. The van der Waals surface area contributed by atoms with Crippen LogP contribution in [0.3, 0.4) is 0 Å². The molecule has 2 aliphatic heterocycles. The second-order valence-electron chi connectivity index (χ2n) is 9.04. The Morgan fingerprint density at radius 1 is 1.21 bits per heavy atom. The molecule has 2 saturated heterocycles. The lowest BCUT2D eigenvalue weighted by molar-refractivity contribution is -0.122. The highest BCUT2D eigenvalue weighted by Crippen LogP contribution is 2.37. The number of carbonyl (C=O) groups is 1. The van der Waals surface area contributed by atoms with Gasteiger partial charge in [-0.3, -0.25) is 19.1 Å². The average molecular weight is 487 g/mol. The van der Waals surface area contributed by atoms with Crippen molar-refractivity contribution in [1.29, 1.82) is 5.26 Å². The summed E-state index contributed by atoms with van der Waals surface area (Å²) in [4.78, 5) is 31.0. The molecule has 1 unspecified atom stereocenters. The van der Waals surface area contributed by atoms with E-state index in [1.165, 1.54) is 11.8 Å². The summed E-state index contributed by atoms with van der Waals surface area (Å²) in [5.41, 5.74) is 1.35. The Balaban J connectivity index is 2.15. The van der Waals surface area contributed by atoms with Gasteiger partial charge < -0.3 is 4.90 Å². The van der Waals surface area contributed by atoms with Gasteiger partial charge in [0.1, 0.15) is 21.8 Å². The minimum atomic E-state index is -0.241. The molecule has 0 radical (unpaired) electrons. The number of rotatable bonds is 8. The molecule has 1 aromatic heterocycles. The molecule has 1 atom stereocenters. The minimum Gasteiger partial charge on any atom is -0.357 e. The molecule has 33 heavy (non-hydrogen) atoms. The Kier molecular flexibility index (Phi) is 8.77. The van der Waals surface area contributed by atoms with Crippen molar-refractivity contribution in [1.82, 2.24) is 9.47 Å². The molecule has 0 spiro atoms. The van der Waals surface area contributed by atoms with Crippen molar-refractivity contribution < 1.29 is 4.79 Å². The topological polar surface area (TPSA) is 69.3 Å². The van der Waals surface area contributed by atoms with Crippen LogP contribution >= 0.6 is 24.0 Å². The van der Waals surface area contributed by atoms with E-state index in [0.29, 0.717) is 33.8 Å². The van der Waals surface area contributed by atoms with Crippen LogP contribution in [0.15, 0.2) is 9.70 Å².